The van der Waals surface area contributed by atoms with E-state index >= 15 is 0 Å². The normalized spacial score (nSPS) is 18.0. The van der Waals surface area contributed by atoms with Gasteiger partial charge in [0, 0.05) is 39.3 Å². The van der Waals surface area contributed by atoms with Gasteiger partial charge in [-0.1, -0.05) is 0 Å². The molecule has 1 aromatic carbocycles. The Balaban J connectivity index is 2.10. The number of aliphatic hydroxyl groups excluding tert-OH is 1. The van der Waals surface area contributed by atoms with Crippen molar-refractivity contribution >= 4 is 10.0 Å². The molecule has 0 aromatic heterocycles. The number of hydrogen-bond acceptors (Lipinski definition) is 4. The molecule has 5 nitrogen and oxygen atoms in total. The number of nitrogens with zero attached hydrogens (tertiary/aromatic N) is 2. The summed E-state index contributed by atoms with van der Waals surface area (Å²) in [5, 5.41) is 8.77. The molecule has 1 heterocycles. The van der Waals surface area contributed by atoms with E-state index in [1.807, 2.05) is 4.90 Å². The van der Waals surface area contributed by atoms with Crippen LogP contribution in [0.4, 0.5) is 8.78 Å². The third kappa shape index (κ3) is 3.76. The number of rotatable bonds is 5. The molecule has 1 aliphatic rings. The summed E-state index contributed by atoms with van der Waals surface area (Å²) in [6.07, 6.45) is 0.630. The van der Waals surface area contributed by atoms with Crippen LogP contribution in [0.5, 0.6) is 0 Å². The highest BCUT2D eigenvalue weighted by atomic mass is 32.2. The minimum atomic E-state index is -4.02. The van der Waals surface area contributed by atoms with E-state index in [0.29, 0.717) is 32.1 Å². The van der Waals surface area contributed by atoms with Crippen molar-refractivity contribution in [1.29, 1.82) is 0 Å². The number of aliphatic hydroxyl groups is 1. The molecule has 0 unspecified atom stereocenters. The molecule has 0 saturated carbocycles. The molecule has 21 heavy (non-hydrogen) atoms. The van der Waals surface area contributed by atoms with Crippen molar-refractivity contribution in [3.63, 3.8) is 0 Å². The second-order valence-corrected chi connectivity index (χ2v) is 6.80. The summed E-state index contributed by atoms with van der Waals surface area (Å²) in [7, 11) is -4.02. The van der Waals surface area contributed by atoms with Crippen molar-refractivity contribution in [1.82, 2.24) is 9.21 Å². The molecule has 0 amide bonds. The van der Waals surface area contributed by atoms with E-state index in [1.54, 1.807) is 0 Å². The van der Waals surface area contributed by atoms with Crippen molar-refractivity contribution < 1.29 is 22.3 Å². The summed E-state index contributed by atoms with van der Waals surface area (Å²) < 4.78 is 52.7. The SMILES string of the molecule is O=S(=O)(c1cc(F)ccc1F)N1CCN(CCCO)CC1. The lowest BCUT2D eigenvalue weighted by molar-refractivity contribution is 0.170. The van der Waals surface area contributed by atoms with Gasteiger partial charge in [-0.2, -0.15) is 4.31 Å². The quantitative estimate of drug-likeness (QED) is 0.865. The lowest BCUT2D eigenvalue weighted by atomic mass is 10.3. The second-order valence-electron chi connectivity index (χ2n) is 4.90. The van der Waals surface area contributed by atoms with Gasteiger partial charge in [0.2, 0.25) is 10.0 Å². The van der Waals surface area contributed by atoms with Crippen LogP contribution in [0, 0.1) is 11.6 Å². The zero-order valence-corrected chi connectivity index (χ0v) is 12.3. The molecule has 2 rings (SSSR count). The largest absolute Gasteiger partial charge is 0.396 e. The molecule has 1 aromatic rings. The first-order chi connectivity index (χ1) is 9.95. The number of hydrogen-bond donors (Lipinski definition) is 1. The Morgan fingerprint density at radius 1 is 1.14 bits per heavy atom. The maximum atomic E-state index is 13.7. The van der Waals surface area contributed by atoms with Crippen LogP contribution in [-0.2, 0) is 10.0 Å². The monoisotopic (exact) mass is 320 g/mol. The molecule has 1 N–H and O–H groups in total. The molecular weight excluding hydrogens is 302 g/mol. The Labute approximate surface area is 122 Å². The fourth-order valence-electron chi connectivity index (χ4n) is 2.30. The lowest BCUT2D eigenvalue weighted by Gasteiger charge is -2.33. The average Bonchev–Trinajstić information content (AvgIpc) is 2.48. The van der Waals surface area contributed by atoms with E-state index in [0.717, 1.165) is 12.1 Å². The molecule has 0 aliphatic carbocycles. The number of sulfonamides is 1. The third-order valence-corrected chi connectivity index (χ3v) is 5.39. The standard InChI is InChI=1S/C13H18F2N2O3S/c14-11-2-3-12(15)13(10-11)21(19,20)17-7-5-16(6-8-17)4-1-9-18/h2-3,10,18H,1,4-9H2. The number of benzene rings is 1. The van der Waals surface area contributed by atoms with E-state index in [1.165, 1.54) is 4.31 Å². The highest BCUT2D eigenvalue weighted by molar-refractivity contribution is 7.89. The minimum Gasteiger partial charge on any atom is -0.396 e. The first-order valence-corrected chi connectivity index (χ1v) is 8.17. The Bertz CT molecular complexity index is 587. The molecule has 0 radical (unpaired) electrons. The van der Waals surface area contributed by atoms with Gasteiger partial charge in [0.25, 0.3) is 0 Å². The summed E-state index contributed by atoms with van der Waals surface area (Å²) in [6.45, 7) is 2.26. The summed E-state index contributed by atoms with van der Waals surface area (Å²) in [5.41, 5.74) is 0. The molecule has 1 saturated heterocycles. The van der Waals surface area contributed by atoms with Crippen molar-refractivity contribution in [3.05, 3.63) is 29.8 Å². The van der Waals surface area contributed by atoms with Crippen molar-refractivity contribution in [2.24, 2.45) is 0 Å². The summed E-state index contributed by atoms with van der Waals surface area (Å²) in [5.74, 6) is -1.73. The van der Waals surface area contributed by atoms with Crippen LogP contribution < -0.4 is 0 Å². The first-order valence-electron chi connectivity index (χ1n) is 6.73. The van der Waals surface area contributed by atoms with Crippen LogP contribution in [0.3, 0.4) is 0 Å². The lowest BCUT2D eigenvalue weighted by Crippen LogP contribution is -2.48. The van der Waals surface area contributed by atoms with Crippen molar-refractivity contribution in [3.8, 4) is 0 Å². The van der Waals surface area contributed by atoms with Crippen LogP contribution >= 0.6 is 0 Å². The van der Waals surface area contributed by atoms with Gasteiger partial charge in [0.15, 0.2) is 0 Å². The van der Waals surface area contributed by atoms with Crippen LogP contribution in [0.25, 0.3) is 0 Å². The zero-order chi connectivity index (χ0) is 15.5. The minimum absolute atomic E-state index is 0.0903. The summed E-state index contributed by atoms with van der Waals surface area (Å²) >= 11 is 0. The molecule has 8 heteroatoms. The van der Waals surface area contributed by atoms with Gasteiger partial charge in [-0.05, 0) is 24.6 Å². The summed E-state index contributed by atoms with van der Waals surface area (Å²) in [4.78, 5) is 1.41. The topological polar surface area (TPSA) is 60.9 Å². The molecule has 118 valence electrons. The van der Waals surface area contributed by atoms with Crippen LogP contribution in [0.15, 0.2) is 23.1 Å². The maximum Gasteiger partial charge on any atom is 0.246 e. The second kappa shape index (κ2) is 6.78. The Hall–Kier alpha value is -1.09. The summed E-state index contributed by atoms with van der Waals surface area (Å²) in [6, 6.07) is 2.42. The molecule has 1 fully saturated rings. The number of piperazine rings is 1. The Kier molecular flexibility index (Phi) is 5.26. The van der Waals surface area contributed by atoms with Crippen molar-refractivity contribution in [2.45, 2.75) is 11.3 Å². The molecule has 0 bridgehead atoms. The highest BCUT2D eigenvalue weighted by Gasteiger charge is 2.30. The van der Waals surface area contributed by atoms with Crippen LogP contribution in [-0.4, -0.2) is 62.1 Å². The van der Waals surface area contributed by atoms with E-state index in [9.17, 15) is 17.2 Å². The van der Waals surface area contributed by atoms with Gasteiger partial charge >= 0.3 is 0 Å². The number of halogens is 2. The van der Waals surface area contributed by atoms with Crippen LogP contribution in [0.1, 0.15) is 6.42 Å². The molecule has 0 spiro atoms. The van der Waals surface area contributed by atoms with Crippen molar-refractivity contribution in [2.75, 3.05) is 39.3 Å². The zero-order valence-electron chi connectivity index (χ0n) is 11.5. The maximum absolute atomic E-state index is 13.7. The Morgan fingerprint density at radius 2 is 1.81 bits per heavy atom. The molecule has 0 atom stereocenters. The van der Waals surface area contributed by atoms with E-state index in [-0.39, 0.29) is 19.7 Å². The van der Waals surface area contributed by atoms with Gasteiger partial charge in [-0.25, -0.2) is 17.2 Å². The van der Waals surface area contributed by atoms with Crippen LogP contribution in [0.2, 0.25) is 0 Å². The van der Waals surface area contributed by atoms with Gasteiger partial charge in [-0.3, -0.25) is 0 Å². The highest BCUT2D eigenvalue weighted by Crippen LogP contribution is 2.21. The van der Waals surface area contributed by atoms with E-state index in [4.69, 9.17) is 5.11 Å². The van der Waals surface area contributed by atoms with E-state index < -0.39 is 26.6 Å². The van der Waals surface area contributed by atoms with Gasteiger partial charge in [0.1, 0.15) is 16.5 Å². The smallest absolute Gasteiger partial charge is 0.246 e. The molecule has 1 aliphatic heterocycles. The molecular formula is C13H18F2N2O3S. The van der Waals surface area contributed by atoms with E-state index in [2.05, 4.69) is 0 Å². The predicted octanol–water partition coefficient (Wildman–Crippen LogP) is 0.654. The van der Waals surface area contributed by atoms with Gasteiger partial charge in [0.05, 0.1) is 0 Å². The Morgan fingerprint density at radius 3 is 2.43 bits per heavy atom. The average molecular weight is 320 g/mol. The fraction of sp³-hybridized carbons (Fsp3) is 0.538. The van der Waals surface area contributed by atoms with Gasteiger partial charge < -0.3 is 10.0 Å². The fourth-order valence-corrected chi connectivity index (χ4v) is 3.80. The first kappa shape index (κ1) is 16.3. The van der Waals surface area contributed by atoms with Gasteiger partial charge in [-0.15, -0.1) is 0 Å². The predicted molar refractivity (Wildman–Crippen MR) is 73.3 cm³/mol. The third-order valence-electron chi connectivity index (χ3n) is 3.47.